The van der Waals surface area contributed by atoms with Gasteiger partial charge < -0.3 is 10.2 Å². The zero-order chi connectivity index (χ0) is 17.2. The molecule has 0 aromatic rings. The van der Waals surface area contributed by atoms with Crippen LogP contribution in [0.3, 0.4) is 0 Å². The standard InChI is InChI=1S/C19H38N2O/c1-9-10-11-21(16(22)14-17(2,3)4)15-12-18(5,6)20-19(7,8)13-15/h15,20H,9-14H2,1-8H3. The van der Waals surface area contributed by atoms with Crippen LogP contribution in [0.2, 0.25) is 0 Å². The Balaban J connectivity index is 2.92. The van der Waals surface area contributed by atoms with Crippen LogP contribution in [0.5, 0.6) is 0 Å². The summed E-state index contributed by atoms with van der Waals surface area (Å²) in [7, 11) is 0. The Hall–Kier alpha value is -0.570. The van der Waals surface area contributed by atoms with E-state index in [1.807, 2.05) is 0 Å². The van der Waals surface area contributed by atoms with Gasteiger partial charge in [-0.05, 0) is 52.4 Å². The SMILES string of the molecule is CCCCN(C(=O)CC(C)(C)C)C1CC(C)(C)NC(C)(C)C1. The summed E-state index contributed by atoms with van der Waals surface area (Å²) in [6.07, 6.45) is 4.95. The van der Waals surface area contributed by atoms with E-state index in [0.29, 0.717) is 18.4 Å². The minimum absolute atomic E-state index is 0.0551. The monoisotopic (exact) mass is 310 g/mol. The maximum absolute atomic E-state index is 12.9. The molecular weight excluding hydrogens is 272 g/mol. The first-order valence-corrected chi connectivity index (χ1v) is 8.94. The van der Waals surface area contributed by atoms with Crippen LogP contribution in [-0.2, 0) is 4.79 Å². The summed E-state index contributed by atoms with van der Waals surface area (Å²) in [5.41, 5.74) is 0.220. The second kappa shape index (κ2) is 6.90. The van der Waals surface area contributed by atoms with Crippen molar-refractivity contribution in [1.82, 2.24) is 10.2 Å². The van der Waals surface area contributed by atoms with Crippen molar-refractivity contribution in [3.05, 3.63) is 0 Å². The van der Waals surface area contributed by atoms with E-state index in [0.717, 1.165) is 32.2 Å². The van der Waals surface area contributed by atoms with E-state index >= 15 is 0 Å². The second-order valence-corrected chi connectivity index (χ2v) is 9.63. The van der Waals surface area contributed by atoms with Crippen molar-refractivity contribution in [3.63, 3.8) is 0 Å². The molecule has 1 fully saturated rings. The van der Waals surface area contributed by atoms with E-state index in [1.54, 1.807) is 0 Å². The van der Waals surface area contributed by atoms with Crippen molar-refractivity contribution in [1.29, 1.82) is 0 Å². The van der Waals surface area contributed by atoms with E-state index in [-0.39, 0.29) is 16.5 Å². The fraction of sp³-hybridized carbons (Fsp3) is 0.947. The lowest BCUT2D eigenvalue weighted by Gasteiger charge is -2.50. The number of rotatable bonds is 5. The lowest BCUT2D eigenvalue weighted by Crippen LogP contribution is -2.63. The number of hydrogen-bond acceptors (Lipinski definition) is 2. The van der Waals surface area contributed by atoms with Gasteiger partial charge in [0.15, 0.2) is 0 Å². The Bertz CT molecular complexity index is 363. The maximum atomic E-state index is 12.9. The van der Waals surface area contributed by atoms with Gasteiger partial charge in [-0.1, -0.05) is 34.1 Å². The Labute approximate surface area is 138 Å². The highest BCUT2D eigenvalue weighted by atomic mass is 16.2. The normalized spacial score (nSPS) is 21.6. The van der Waals surface area contributed by atoms with E-state index < -0.39 is 0 Å². The smallest absolute Gasteiger partial charge is 0.223 e. The van der Waals surface area contributed by atoms with Crippen molar-refractivity contribution >= 4 is 5.91 Å². The van der Waals surface area contributed by atoms with Gasteiger partial charge in [-0.15, -0.1) is 0 Å². The van der Waals surface area contributed by atoms with Crippen LogP contribution in [0.1, 0.15) is 87.5 Å². The molecule has 130 valence electrons. The molecule has 3 heteroatoms. The number of carbonyl (C=O) groups excluding carboxylic acids is 1. The predicted molar refractivity (Wildman–Crippen MR) is 95.0 cm³/mol. The number of carbonyl (C=O) groups is 1. The Kier molecular flexibility index (Phi) is 6.11. The van der Waals surface area contributed by atoms with Crippen molar-refractivity contribution in [2.24, 2.45) is 5.41 Å². The fourth-order valence-corrected chi connectivity index (χ4v) is 3.88. The second-order valence-electron chi connectivity index (χ2n) is 9.63. The molecule has 0 unspecified atom stereocenters. The Morgan fingerprint density at radius 3 is 2.05 bits per heavy atom. The molecule has 1 N–H and O–H groups in total. The summed E-state index contributed by atoms with van der Waals surface area (Å²) in [5, 5.41) is 3.72. The Morgan fingerprint density at radius 2 is 1.64 bits per heavy atom. The van der Waals surface area contributed by atoms with Crippen LogP contribution < -0.4 is 5.32 Å². The summed E-state index contributed by atoms with van der Waals surface area (Å²) in [6.45, 7) is 18.6. The van der Waals surface area contributed by atoms with Gasteiger partial charge in [0.05, 0.1) is 0 Å². The molecule has 0 atom stereocenters. The first kappa shape index (κ1) is 19.5. The molecule has 1 heterocycles. The van der Waals surface area contributed by atoms with Crippen molar-refractivity contribution < 1.29 is 4.79 Å². The molecule has 3 nitrogen and oxygen atoms in total. The van der Waals surface area contributed by atoms with Crippen LogP contribution in [0.25, 0.3) is 0 Å². The van der Waals surface area contributed by atoms with E-state index in [2.05, 4.69) is 65.6 Å². The molecule has 1 amide bonds. The summed E-state index contributed by atoms with van der Waals surface area (Å²) in [4.78, 5) is 15.1. The van der Waals surface area contributed by atoms with Crippen LogP contribution in [0.4, 0.5) is 0 Å². The van der Waals surface area contributed by atoms with Gasteiger partial charge in [0.25, 0.3) is 0 Å². The average Bonchev–Trinajstić information content (AvgIpc) is 2.22. The summed E-state index contributed by atoms with van der Waals surface area (Å²) < 4.78 is 0. The van der Waals surface area contributed by atoms with Crippen LogP contribution in [0, 0.1) is 5.41 Å². The molecule has 0 aliphatic carbocycles. The molecule has 1 saturated heterocycles. The number of hydrogen-bond donors (Lipinski definition) is 1. The highest BCUT2D eigenvalue weighted by molar-refractivity contribution is 5.77. The molecule has 0 aromatic heterocycles. The molecular formula is C19H38N2O. The highest BCUT2D eigenvalue weighted by Gasteiger charge is 2.41. The van der Waals surface area contributed by atoms with Gasteiger partial charge in [-0.2, -0.15) is 0 Å². The first-order valence-electron chi connectivity index (χ1n) is 8.94. The lowest BCUT2D eigenvalue weighted by molar-refractivity contribution is -0.137. The summed E-state index contributed by atoms with van der Waals surface area (Å²) in [5.74, 6) is 0.333. The average molecular weight is 311 g/mol. The lowest BCUT2D eigenvalue weighted by atomic mass is 9.78. The number of piperidine rings is 1. The minimum atomic E-state index is 0.0551. The van der Waals surface area contributed by atoms with Crippen molar-refractivity contribution in [3.8, 4) is 0 Å². The third-order valence-electron chi connectivity index (χ3n) is 4.36. The number of nitrogens with one attached hydrogen (secondary N) is 1. The van der Waals surface area contributed by atoms with Gasteiger partial charge in [-0.25, -0.2) is 0 Å². The van der Waals surface area contributed by atoms with Crippen molar-refractivity contribution in [2.45, 2.75) is 105 Å². The topological polar surface area (TPSA) is 32.3 Å². The highest BCUT2D eigenvalue weighted by Crippen LogP contribution is 2.33. The summed E-state index contributed by atoms with van der Waals surface area (Å²) in [6, 6.07) is 0.354. The molecule has 0 spiro atoms. The van der Waals surface area contributed by atoms with E-state index in [1.165, 1.54) is 0 Å². The Morgan fingerprint density at radius 1 is 1.14 bits per heavy atom. The molecule has 0 saturated carbocycles. The molecule has 1 aliphatic rings. The van der Waals surface area contributed by atoms with Gasteiger partial charge in [-0.3, -0.25) is 4.79 Å². The zero-order valence-corrected chi connectivity index (χ0v) is 16.2. The molecule has 1 rings (SSSR count). The van der Waals surface area contributed by atoms with Crippen LogP contribution in [-0.4, -0.2) is 34.5 Å². The molecule has 0 radical (unpaired) electrons. The van der Waals surface area contributed by atoms with Crippen LogP contribution >= 0.6 is 0 Å². The van der Waals surface area contributed by atoms with Gasteiger partial charge in [0.1, 0.15) is 0 Å². The van der Waals surface area contributed by atoms with Crippen LogP contribution in [0.15, 0.2) is 0 Å². The van der Waals surface area contributed by atoms with E-state index in [9.17, 15) is 4.79 Å². The van der Waals surface area contributed by atoms with E-state index in [4.69, 9.17) is 0 Å². The third-order valence-corrected chi connectivity index (χ3v) is 4.36. The predicted octanol–water partition coefficient (Wildman–Crippen LogP) is 4.36. The number of nitrogens with zero attached hydrogens (tertiary/aromatic N) is 1. The maximum Gasteiger partial charge on any atom is 0.223 e. The van der Waals surface area contributed by atoms with Crippen molar-refractivity contribution in [2.75, 3.05) is 6.54 Å². The first-order chi connectivity index (χ1) is 9.85. The van der Waals surface area contributed by atoms with Gasteiger partial charge >= 0.3 is 0 Å². The molecule has 0 bridgehead atoms. The summed E-state index contributed by atoms with van der Waals surface area (Å²) >= 11 is 0. The molecule has 0 aromatic carbocycles. The zero-order valence-electron chi connectivity index (χ0n) is 16.2. The van der Waals surface area contributed by atoms with Gasteiger partial charge in [0.2, 0.25) is 5.91 Å². The fourth-order valence-electron chi connectivity index (χ4n) is 3.88. The third kappa shape index (κ3) is 6.28. The molecule has 1 aliphatic heterocycles. The number of amides is 1. The quantitative estimate of drug-likeness (QED) is 0.818. The minimum Gasteiger partial charge on any atom is -0.340 e. The largest absolute Gasteiger partial charge is 0.340 e. The number of unbranched alkanes of at least 4 members (excludes halogenated alkanes) is 1. The van der Waals surface area contributed by atoms with Gasteiger partial charge in [0, 0.05) is 30.1 Å². The molecule has 22 heavy (non-hydrogen) atoms.